The molecular formula is C22H26N4O3S. The van der Waals surface area contributed by atoms with E-state index in [4.69, 9.17) is 0 Å². The van der Waals surface area contributed by atoms with Crippen LogP contribution in [0.4, 0.5) is 0 Å². The Labute approximate surface area is 177 Å². The van der Waals surface area contributed by atoms with Gasteiger partial charge in [0.2, 0.25) is 15.9 Å². The molecule has 3 aromatic rings. The molecule has 0 bridgehead atoms. The Hall–Kier alpha value is -2.97. The first-order chi connectivity index (χ1) is 14.3. The number of rotatable bonds is 9. The highest BCUT2D eigenvalue weighted by atomic mass is 32.2. The first-order valence-corrected chi connectivity index (χ1v) is 11.3. The van der Waals surface area contributed by atoms with E-state index in [0.29, 0.717) is 18.5 Å². The number of carbonyl (C=O) groups excluding carboxylic acids is 1. The van der Waals surface area contributed by atoms with Gasteiger partial charge in [0.1, 0.15) is 0 Å². The molecule has 2 N–H and O–H groups in total. The van der Waals surface area contributed by atoms with Gasteiger partial charge in [0.25, 0.3) is 0 Å². The molecule has 0 atom stereocenters. The molecule has 2 aromatic carbocycles. The Morgan fingerprint density at radius 1 is 1.07 bits per heavy atom. The van der Waals surface area contributed by atoms with Gasteiger partial charge in [-0.3, -0.25) is 4.79 Å². The predicted octanol–water partition coefficient (Wildman–Crippen LogP) is 2.52. The highest BCUT2D eigenvalue weighted by Gasteiger charge is 2.16. The lowest BCUT2D eigenvalue weighted by atomic mass is 10.1. The van der Waals surface area contributed by atoms with Crippen LogP contribution in [0.2, 0.25) is 0 Å². The van der Waals surface area contributed by atoms with Crippen molar-refractivity contribution in [3.05, 3.63) is 77.6 Å². The molecule has 0 saturated carbocycles. The van der Waals surface area contributed by atoms with Gasteiger partial charge in [-0.05, 0) is 61.2 Å². The molecule has 1 aromatic heterocycles. The average molecular weight is 427 g/mol. The number of sulfonamides is 1. The Balaban J connectivity index is 1.41. The Kier molecular flexibility index (Phi) is 7.02. The van der Waals surface area contributed by atoms with Gasteiger partial charge in [-0.2, -0.15) is 5.10 Å². The molecule has 0 unspecified atom stereocenters. The molecule has 7 nitrogen and oxygen atoms in total. The van der Waals surface area contributed by atoms with E-state index in [0.717, 1.165) is 16.8 Å². The molecule has 1 amide bonds. The number of hydrogen-bond donors (Lipinski definition) is 2. The first-order valence-electron chi connectivity index (χ1n) is 9.78. The minimum absolute atomic E-state index is 0.0557. The van der Waals surface area contributed by atoms with Crippen molar-refractivity contribution in [1.29, 1.82) is 0 Å². The lowest BCUT2D eigenvalue weighted by molar-refractivity contribution is -0.120. The van der Waals surface area contributed by atoms with Gasteiger partial charge >= 0.3 is 0 Å². The summed E-state index contributed by atoms with van der Waals surface area (Å²) in [5, 5.41) is 7.02. The second kappa shape index (κ2) is 9.69. The van der Waals surface area contributed by atoms with Crippen LogP contribution in [0.1, 0.15) is 23.1 Å². The smallest absolute Gasteiger partial charge is 0.240 e. The zero-order chi connectivity index (χ0) is 21.6. The zero-order valence-corrected chi connectivity index (χ0v) is 17.9. The van der Waals surface area contributed by atoms with Crippen LogP contribution in [0.5, 0.6) is 0 Å². The van der Waals surface area contributed by atoms with Gasteiger partial charge in [0.15, 0.2) is 0 Å². The van der Waals surface area contributed by atoms with E-state index in [1.165, 1.54) is 0 Å². The summed E-state index contributed by atoms with van der Waals surface area (Å²) in [4.78, 5) is 12.3. The number of nitrogens with one attached hydrogen (secondary N) is 2. The van der Waals surface area contributed by atoms with Gasteiger partial charge in [-0.25, -0.2) is 17.8 Å². The maximum absolute atomic E-state index is 12.4. The summed E-state index contributed by atoms with van der Waals surface area (Å²) in [5.74, 6) is -0.188. The van der Waals surface area contributed by atoms with Crippen LogP contribution in [0.25, 0.3) is 5.69 Å². The third kappa shape index (κ3) is 5.77. The maximum atomic E-state index is 12.4. The SMILES string of the molecule is Cc1ccc(C)c(S(=O)(=O)NCCC(=O)NCCc2ccc(-n3cccn3)cc2)c1. The van der Waals surface area contributed by atoms with Crippen LogP contribution in [0.15, 0.2) is 65.8 Å². The number of nitrogens with zero attached hydrogens (tertiary/aromatic N) is 2. The van der Waals surface area contributed by atoms with Crippen LogP contribution < -0.4 is 10.0 Å². The molecule has 0 aliphatic heterocycles. The molecule has 0 spiro atoms. The molecule has 1 heterocycles. The highest BCUT2D eigenvalue weighted by molar-refractivity contribution is 7.89. The van der Waals surface area contributed by atoms with E-state index >= 15 is 0 Å². The topological polar surface area (TPSA) is 93.1 Å². The molecular weight excluding hydrogens is 400 g/mol. The summed E-state index contributed by atoms with van der Waals surface area (Å²) in [6.45, 7) is 4.14. The van der Waals surface area contributed by atoms with Crippen LogP contribution in [-0.4, -0.2) is 37.2 Å². The summed E-state index contributed by atoms with van der Waals surface area (Å²) in [6, 6.07) is 15.1. The number of hydrogen-bond acceptors (Lipinski definition) is 4. The highest BCUT2D eigenvalue weighted by Crippen LogP contribution is 2.16. The van der Waals surface area contributed by atoms with Crippen molar-refractivity contribution < 1.29 is 13.2 Å². The quantitative estimate of drug-likeness (QED) is 0.550. The summed E-state index contributed by atoms with van der Waals surface area (Å²) in [6.07, 6.45) is 4.39. The third-order valence-electron chi connectivity index (χ3n) is 4.72. The maximum Gasteiger partial charge on any atom is 0.240 e. The molecule has 0 radical (unpaired) electrons. The van der Waals surface area contributed by atoms with Gasteiger partial charge in [-0.15, -0.1) is 0 Å². The number of aryl methyl sites for hydroxylation is 2. The van der Waals surface area contributed by atoms with Crippen molar-refractivity contribution in [3.8, 4) is 5.69 Å². The Morgan fingerprint density at radius 3 is 2.53 bits per heavy atom. The second-order valence-electron chi connectivity index (χ2n) is 7.13. The molecule has 30 heavy (non-hydrogen) atoms. The van der Waals surface area contributed by atoms with E-state index in [1.54, 1.807) is 29.9 Å². The van der Waals surface area contributed by atoms with Crippen LogP contribution in [0, 0.1) is 13.8 Å². The van der Waals surface area contributed by atoms with Crippen molar-refractivity contribution in [2.75, 3.05) is 13.1 Å². The number of carbonyl (C=O) groups is 1. The average Bonchev–Trinajstić information content (AvgIpc) is 3.25. The van der Waals surface area contributed by atoms with Crippen LogP contribution in [-0.2, 0) is 21.2 Å². The van der Waals surface area contributed by atoms with E-state index in [2.05, 4.69) is 15.1 Å². The molecule has 0 aliphatic carbocycles. The van der Waals surface area contributed by atoms with E-state index < -0.39 is 10.0 Å². The Morgan fingerprint density at radius 2 is 1.83 bits per heavy atom. The number of benzene rings is 2. The number of aromatic nitrogens is 2. The normalized spacial score (nSPS) is 11.4. The van der Waals surface area contributed by atoms with E-state index in [9.17, 15) is 13.2 Å². The summed E-state index contributed by atoms with van der Waals surface area (Å²) < 4.78 is 29.2. The van der Waals surface area contributed by atoms with Crippen molar-refractivity contribution >= 4 is 15.9 Å². The van der Waals surface area contributed by atoms with E-state index in [1.807, 2.05) is 49.5 Å². The standard InChI is InChI=1S/C22H26N4O3S/c1-17-4-5-18(2)21(16-17)30(28,29)25-14-11-22(27)23-13-10-19-6-8-20(9-7-19)26-15-3-12-24-26/h3-9,12,15-16,25H,10-11,13-14H2,1-2H3,(H,23,27). The van der Waals surface area contributed by atoms with Gasteiger partial charge in [-0.1, -0.05) is 24.3 Å². The minimum atomic E-state index is -3.63. The van der Waals surface area contributed by atoms with Gasteiger partial charge < -0.3 is 5.32 Å². The van der Waals surface area contributed by atoms with Gasteiger partial charge in [0, 0.05) is 31.9 Å². The minimum Gasteiger partial charge on any atom is -0.356 e. The van der Waals surface area contributed by atoms with Crippen molar-refractivity contribution in [2.45, 2.75) is 31.6 Å². The lowest BCUT2D eigenvalue weighted by Gasteiger charge is -2.10. The van der Waals surface area contributed by atoms with E-state index in [-0.39, 0.29) is 23.8 Å². The first kappa shape index (κ1) is 21.7. The monoisotopic (exact) mass is 426 g/mol. The molecule has 0 fully saturated rings. The summed E-state index contributed by atoms with van der Waals surface area (Å²) >= 11 is 0. The third-order valence-corrected chi connectivity index (χ3v) is 6.32. The fourth-order valence-corrected chi connectivity index (χ4v) is 4.40. The van der Waals surface area contributed by atoms with Gasteiger partial charge in [0.05, 0.1) is 10.6 Å². The fraction of sp³-hybridized carbons (Fsp3) is 0.273. The molecule has 158 valence electrons. The van der Waals surface area contributed by atoms with Crippen LogP contribution in [0.3, 0.4) is 0 Å². The zero-order valence-electron chi connectivity index (χ0n) is 17.1. The molecule has 0 aliphatic rings. The van der Waals surface area contributed by atoms with Crippen molar-refractivity contribution in [2.24, 2.45) is 0 Å². The van der Waals surface area contributed by atoms with Crippen molar-refractivity contribution in [3.63, 3.8) is 0 Å². The Bertz CT molecular complexity index is 1090. The largest absolute Gasteiger partial charge is 0.356 e. The summed E-state index contributed by atoms with van der Waals surface area (Å²) in [7, 11) is -3.63. The lowest BCUT2D eigenvalue weighted by Crippen LogP contribution is -2.32. The predicted molar refractivity (Wildman–Crippen MR) is 116 cm³/mol. The van der Waals surface area contributed by atoms with Crippen LogP contribution >= 0.6 is 0 Å². The molecule has 0 saturated heterocycles. The second-order valence-corrected chi connectivity index (χ2v) is 8.87. The fourth-order valence-electron chi connectivity index (χ4n) is 3.05. The van der Waals surface area contributed by atoms with Crippen molar-refractivity contribution in [1.82, 2.24) is 19.8 Å². The molecule has 8 heteroatoms. The summed E-state index contributed by atoms with van der Waals surface area (Å²) in [5.41, 5.74) is 3.62. The molecule has 3 rings (SSSR count). The number of amides is 1.